The van der Waals surface area contributed by atoms with Crippen LogP contribution in [0.25, 0.3) is 0 Å². The number of amides is 1. The topological polar surface area (TPSA) is 29.5 Å². The Morgan fingerprint density at radius 2 is 1.82 bits per heavy atom. The molecule has 3 aliphatic rings. The summed E-state index contributed by atoms with van der Waals surface area (Å²) >= 11 is 0. The Kier molecular flexibility index (Phi) is 3.04. The van der Waals surface area contributed by atoms with Crippen molar-refractivity contribution in [2.45, 2.75) is 58.0 Å². The summed E-state index contributed by atoms with van der Waals surface area (Å²) in [7, 11) is 0. The molecule has 1 heterocycles. The highest BCUT2D eigenvalue weighted by Crippen LogP contribution is 2.57. The van der Waals surface area contributed by atoms with Gasteiger partial charge in [-0.3, -0.25) is 4.79 Å². The normalized spacial score (nSPS) is 25.5. The second-order valence-electron chi connectivity index (χ2n) is 8.03. The van der Waals surface area contributed by atoms with Gasteiger partial charge in [-0.05, 0) is 69.9 Å². The summed E-state index contributed by atoms with van der Waals surface area (Å²) in [6, 6.07) is 7.94. The first kappa shape index (κ1) is 14.1. The molecular formula is C19H25NO2. The van der Waals surface area contributed by atoms with Crippen molar-refractivity contribution in [3.05, 3.63) is 24.3 Å². The van der Waals surface area contributed by atoms with Crippen molar-refractivity contribution < 1.29 is 9.53 Å². The Morgan fingerprint density at radius 1 is 1.14 bits per heavy atom. The molecule has 2 saturated carbocycles. The Hall–Kier alpha value is -1.51. The van der Waals surface area contributed by atoms with Crippen LogP contribution in [0, 0.1) is 11.3 Å². The molecule has 1 aromatic carbocycles. The van der Waals surface area contributed by atoms with E-state index in [-0.39, 0.29) is 11.5 Å². The van der Waals surface area contributed by atoms with E-state index in [0.29, 0.717) is 17.9 Å². The van der Waals surface area contributed by atoms with Gasteiger partial charge in [0, 0.05) is 5.92 Å². The second kappa shape index (κ2) is 4.74. The third-order valence-corrected chi connectivity index (χ3v) is 5.70. The van der Waals surface area contributed by atoms with Crippen molar-refractivity contribution in [2.75, 3.05) is 11.4 Å². The molecule has 2 aliphatic carbocycles. The molecule has 0 saturated heterocycles. The second-order valence-corrected chi connectivity index (χ2v) is 8.03. The van der Waals surface area contributed by atoms with Gasteiger partial charge in [-0.2, -0.15) is 0 Å². The predicted octanol–water partition coefficient (Wildman–Crippen LogP) is 4.16. The summed E-state index contributed by atoms with van der Waals surface area (Å²) < 4.78 is 6.04. The molecule has 3 heteroatoms. The number of anilines is 1. The highest BCUT2D eigenvalue weighted by atomic mass is 16.5. The average Bonchev–Trinajstić information content (AvgIpc) is 3.25. The summed E-state index contributed by atoms with van der Waals surface area (Å²) in [5.74, 6) is 1.34. The molecule has 3 nitrogen and oxygen atoms in total. The van der Waals surface area contributed by atoms with Crippen molar-refractivity contribution >= 4 is 11.6 Å². The zero-order chi connectivity index (χ0) is 15.4. The number of carbonyl (C=O) groups is 1. The fourth-order valence-corrected chi connectivity index (χ4v) is 4.13. The molecule has 4 rings (SSSR count). The summed E-state index contributed by atoms with van der Waals surface area (Å²) in [6.45, 7) is 4.76. The molecule has 1 amide bonds. The van der Waals surface area contributed by atoms with E-state index < -0.39 is 0 Å². The van der Waals surface area contributed by atoms with Crippen molar-refractivity contribution in [1.82, 2.24) is 0 Å². The SMILES string of the molecule is CC1(C)CN(C(=O)C2CCC3(CC2)CC3)c2ccccc2O1. The minimum absolute atomic E-state index is 0.202. The zero-order valence-electron chi connectivity index (χ0n) is 13.6. The van der Waals surface area contributed by atoms with E-state index in [9.17, 15) is 4.79 Å². The Bertz CT molecular complexity index is 593. The maximum absolute atomic E-state index is 13.1. The van der Waals surface area contributed by atoms with Gasteiger partial charge in [-0.1, -0.05) is 12.1 Å². The molecular weight excluding hydrogens is 274 g/mol. The van der Waals surface area contributed by atoms with Gasteiger partial charge < -0.3 is 9.64 Å². The fraction of sp³-hybridized carbons (Fsp3) is 0.632. The van der Waals surface area contributed by atoms with E-state index in [1.165, 1.54) is 25.7 Å². The van der Waals surface area contributed by atoms with E-state index in [0.717, 1.165) is 24.3 Å². The smallest absolute Gasteiger partial charge is 0.230 e. The molecule has 0 unspecified atom stereocenters. The summed E-state index contributed by atoms with van der Waals surface area (Å²) in [6.07, 6.45) is 7.41. The standard InChI is InChI=1S/C19H25NO2/c1-18(2)13-20(15-5-3-4-6-16(15)22-18)17(21)14-7-9-19(10-8-14)11-12-19/h3-6,14H,7-13H2,1-2H3. The maximum atomic E-state index is 13.1. The molecule has 0 radical (unpaired) electrons. The summed E-state index contributed by atoms with van der Waals surface area (Å²) in [5.41, 5.74) is 1.26. The number of rotatable bonds is 1. The largest absolute Gasteiger partial charge is 0.484 e. The van der Waals surface area contributed by atoms with Gasteiger partial charge in [-0.25, -0.2) is 0 Å². The van der Waals surface area contributed by atoms with Crippen LogP contribution in [0.2, 0.25) is 0 Å². The van der Waals surface area contributed by atoms with Crippen molar-refractivity contribution in [3.8, 4) is 5.75 Å². The van der Waals surface area contributed by atoms with E-state index in [1.54, 1.807) is 0 Å². The van der Waals surface area contributed by atoms with Gasteiger partial charge in [0.05, 0.1) is 12.2 Å². The molecule has 118 valence electrons. The van der Waals surface area contributed by atoms with Gasteiger partial charge in [0.25, 0.3) is 0 Å². The van der Waals surface area contributed by atoms with Crippen LogP contribution < -0.4 is 9.64 Å². The number of nitrogens with zero attached hydrogens (tertiary/aromatic N) is 1. The average molecular weight is 299 g/mol. The third kappa shape index (κ3) is 2.41. The Labute approximate surface area is 132 Å². The highest BCUT2D eigenvalue weighted by molar-refractivity contribution is 5.97. The maximum Gasteiger partial charge on any atom is 0.230 e. The number of hydrogen-bond acceptors (Lipinski definition) is 2. The zero-order valence-corrected chi connectivity index (χ0v) is 13.6. The van der Waals surface area contributed by atoms with Gasteiger partial charge in [0.1, 0.15) is 11.4 Å². The fourth-order valence-electron chi connectivity index (χ4n) is 4.13. The number of para-hydroxylation sites is 2. The molecule has 1 aliphatic heterocycles. The summed E-state index contributed by atoms with van der Waals surface area (Å²) in [5, 5.41) is 0. The van der Waals surface area contributed by atoms with Crippen LogP contribution in [0.5, 0.6) is 5.75 Å². The first-order valence-corrected chi connectivity index (χ1v) is 8.58. The summed E-state index contributed by atoms with van der Waals surface area (Å²) in [4.78, 5) is 15.1. The Morgan fingerprint density at radius 3 is 2.50 bits per heavy atom. The lowest BCUT2D eigenvalue weighted by atomic mass is 9.79. The lowest BCUT2D eigenvalue weighted by Crippen LogP contribution is -2.51. The monoisotopic (exact) mass is 299 g/mol. The van der Waals surface area contributed by atoms with Gasteiger partial charge >= 0.3 is 0 Å². The van der Waals surface area contributed by atoms with E-state index in [1.807, 2.05) is 29.2 Å². The molecule has 0 atom stereocenters. The molecule has 0 N–H and O–H groups in total. The Balaban J connectivity index is 1.57. The van der Waals surface area contributed by atoms with Crippen molar-refractivity contribution in [2.24, 2.45) is 11.3 Å². The lowest BCUT2D eigenvalue weighted by molar-refractivity contribution is -0.124. The number of fused-ring (bicyclic) bond motifs is 1. The van der Waals surface area contributed by atoms with E-state index in [2.05, 4.69) is 13.8 Å². The van der Waals surface area contributed by atoms with Crippen LogP contribution >= 0.6 is 0 Å². The van der Waals surface area contributed by atoms with Gasteiger partial charge in [0.15, 0.2) is 0 Å². The first-order chi connectivity index (χ1) is 10.5. The molecule has 2 fully saturated rings. The minimum atomic E-state index is -0.323. The van der Waals surface area contributed by atoms with Crippen LogP contribution in [0.1, 0.15) is 52.4 Å². The lowest BCUT2D eigenvalue weighted by Gasteiger charge is -2.41. The molecule has 22 heavy (non-hydrogen) atoms. The van der Waals surface area contributed by atoms with E-state index in [4.69, 9.17) is 4.74 Å². The van der Waals surface area contributed by atoms with Crippen molar-refractivity contribution in [3.63, 3.8) is 0 Å². The number of hydrogen-bond donors (Lipinski definition) is 0. The number of carbonyl (C=O) groups excluding carboxylic acids is 1. The number of ether oxygens (including phenoxy) is 1. The highest BCUT2D eigenvalue weighted by Gasteiger charge is 2.47. The molecule has 1 aromatic rings. The quantitative estimate of drug-likeness (QED) is 0.779. The van der Waals surface area contributed by atoms with Crippen LogP contribution in [-0.4, -0.2) is 18.1 Å². The predicted molar refractivity (Wildman–Crippen MR) is 87.1 cm³/mol. The molecule has 0 bridgehead atoms. The van der Waals surface area contributed by atoms with Crippen molar-refractivity contribution in [1.29, 1.82) is 0 Å². The van der Waals surface area contributed by atoms with Gasteiger partial charge in [-0.15, -0.1) is 0 Å². The van der Waals surface area contributed by atoms with Crippen LogP contribution in [0.15, 0.2) is 24.3 Å². The minimum Gasteiger partial charge on any atom is -0.484 e. The van der Waals surface area contributed by atoms with Crippen LogP contribution in [-0.2, 0) is 4.79 Å². The number of benzene rings is 1. The first-order valence-electron chi connectivity index (χ1n) is 8.58. The van der Waals surface area contributed by atoms with E-state index >= 15 is 0 Å². The third-order valence-electron chi connectivity index (χ3n) is 5.70. The molecule has 0 aromatic heterocycles. The molecule has 1 spiro atoms. The van der Waals surface area contributed by atoms with Crippen LogP contribution in [0.4, 0.5) is 5.69 Å². The van der Waals surface area contributed by atoms with Gasteiger partial charge in [0.2, 0.25) is 5.91 Å². The van der Waals surface area contributed by atoms with Crippen LogP contribution in [0.3, 0.4) is 0 Å².